The number of hydrogen-bond donors (Lipinski definition) is 0. The van der Waals surface area contributed by atoms with E-state index in [1.54, 1.807) is 31.1 Å². The number of likely N-dealkylation sites (tertiary alicyclic amines) is 1. The minimum atomic E-state index is -0.578. The summed E-state index contributed by atoms with van der Waals surface area (Å²) in [6.45, 7) is 1.77. The van der Waals surface area contributed by atoms with Crippen molar-refractivity contribution in [3.8, 4) is 11.5 Å². The Bertz CT molecular complexity index is 791. The first kappa shape index (κ1) is 16.8. The second-order valence-electron chi connectivity index (χ2n) is 6.92. The first-order valence-electron chi connectivity index (χ1n) is 8.72. The van der Waals surface area contributed by atoms with E-state index in [4.69, 9.17) is 9.47 Å². The molecule has 1 fully saturated rings. The highest BCUT2D eigenvalue weighted by Gasteiger charge is 2.41. The predicted molar refractivity (Wildman–Crippen MR) is 92.5 cm³/mol. The first-order valence-corrected chi connectivity index (χ1v) is 8.72. The fraction of sp³-hybridized carbons (Fsp3) is 0.500. The Hall–Kier alpha value is -2.61. The van der Waals surface area contributed by atoms with E-state index < -0.39 is 11.7 Å². The van der Waals surface area contributed by atoms with Crippen LogP contribution in [0.1, 0.15) is 23.2 Å². The monoisotopic (exact) mass is 359 g/mol. The summed E-state index contributed by atoms with van der Waals surface area (Å²) in [5.74, 6) is -0.0931. The molecule has 0 N–H and O–H groups in total. The van der Waals surface area contributed by atoms with Crippen molar-refractivity contribution in [2.24, 2.45) is 0 Å². The van der Waals surface area contributed by atoms with E-state index in [9.17, 15) is 14.4 Å². The quantitative estimate of drug-likeness (QED) is 0.731. The molecule has 1 saturated heterocycles. The summed E-state index contributed by atoms with van der Waals surface area (Å²) in [6.07, 6.45) is 1.63. The summed E-state index contributed by atoms with van der Waals surface area (Å²) in [4.78, 5) is 42.3. The average molecular weight is 359 g/mol. The van der Waals surface area contributed by atoms with Gasteiger partial charge in [0, 0.05) is 26.7 Å². The smallest absolute Gasteiger partial charge is 0.300 e. The molecule has 0 aliphatic carbocycles. The van der Waals surface area contributed by atoms with E-state index in [0.29, 0.717) is 42.5 Å². The lowest BCUT2D eigenvalue weighted by molar-refractivity contribution is -0.133. The number of carbonyl (C=O) groups is 3. The lowest BCUT2D eigenvalue weighted by Gasteiger charge is -2.30. The van der Waals surface area contributed by atoms with E-state index in [1.807, 2.05) is 4.90 Å². The third kappa shape index (κ3) is 2.61. The van der Waals surface area contributed by atoms with Gasteiger partial charge in [0.25, 0.3) is 5.78 Å². The van der Waals surface area contributed by atoms with Crippen LogP contribution in [0.5, 0.6) is 11.5 Å². The molecule has 0 unspecified atom stereocenters. The standard InChI is InChI=1S/C18H21N3O5/c1-19(2)17(23)12-4-3-5-20(12)10-21-13-9-15-14(25-6-7-26-15)8-11(13)16(22)18(21)24/h8-9,12H,3-7,10H2,1-2H3/t12-/m1/s1. The molecule has 0 spiro atoms. The molecule has 3 heterocycles. The highest BCUT2D eigenvalue weighted by atomic mass is 16.6. The van der Waals surface area contributed by atoms with Crippen LogP contribution in [-0.2, 0) is 9.59 Å². The van der Waals surface area contributed by atoms with Crippen molar-refractivity contribution < 1.29 is 23.9 Å². The minimum Gasteiger partial charge on any atom is -0.486 e. The van der Waals surface area contributed by atoms with Crippen LogP contribution in [0.3, 0.4) is 0 Å². The third-order valence-corrected chi connectivity index (χ3v) is 5.05. The van der Waals surface area contributed by atoms with Crippen LogP contribution < -0.4 is 14.4 Å². The number of rotatable bonds is 3. The molecule has 3 aliphatic heterocycles. The zero-order valence-electron chi connectivity index (χ0n) is 14.9. The van der Waals surface area contributed by atoms with Gasteiger partial charge in [-0.05, 0) is 18.9 Å². The number of nitrogens with zero attached hydrogens (tertiary/aromatic N) is 3. The van der Waals surface area contributed by atoms with Gasteiger partial charge in [-0.3, -0.25) is 24.2 Å². The highest BCUT2D eigenvalue weighted by Crippen LogP contribution is 2.40. The van der Waals surface area contributed by atoms with Crippen LogP contribution in [0.15, 0.2) is 12.1 Å². The van der Waals surface area contributed by atoms with Gasteiger partial charge < -0.3 is 14.4 Å². The Balaban J connectivity index is 1.63. The molecule has 1 aromatic rings. The van der Waals surface area contributed by atoms with E-state index in [0.717, 1.165) is 12.8 Å². The summed E-state index contributed by atoms with van der Waals surface area (Å²) in [6, 6.07) is 3.00. The van der Waals surface area contributed by atoms with E-state index >= 15 is 0 Å². The molecule has 0 saturated carbocycles. The van der Waals surface area contributed by atoms with Crippen LogP contribution in [0.2, 0.25) is 0 Å². The summed E-state index contributed by atoms with van der Waals surface area (Å²) in [5, 5.41) is 0. The molecule has 3 aliphatic rings. The van der Waals surface area contributed by atoms with Crippen molar-refractivity contribution in [3.05, 3.63) is 17.7 Å². The van der Waals surface area contributed by atoms with Crippen LogP contribution in [0.25, 0.3) is 0 Å². The molecule has 8 nitrogen and oxygen atoms in total. The number of ketones is 1. The molecule has 1 atom stereocenters. The van der Waals surface area contributed by atoms with Crippen molar-refractivity contribution in [2.75, 3.05) is 45.4 Å². The van der Waals surface area contributed by atoms with Gasteiger partial charge in [-0.2, -0.15) is 0 Å². The van der Waals surface area contributed by atoms with Crippen molar-refractivity contribution in [3.63, 3.8) is 0 Å². The Kier molecular flexibility index (Phi) is 4.07. The number of Topliss-reactive ketones (excluding diaryl/α,β-unsaturated/α-hetero) is 1. The van der Waals surface area contributed by atoms with Crippen molar-refractivity contribution in [1.82, 2.24) is 9.80 Å². The van der Waals surface area contributed by atoms with Gasteiger partial charge in [0.05, 0.1) is 24.0 Å². The lowest BCUT2D eigenvalue weighted by Crippen LogP contribution is -2.48. The lowest BCUT2D eigenvalue weighted by atomic mass is 10.1. The maximum atomic E-state index is 12.5. The zero-order valence-corrected chi connectivity index (χ0v) is 14.9. The molecule has 138 valence electrons. The fourth-order valence-electron chi connectivity index (χ4n) is 3.73. The van der Waals surface area contributed by atoms with Crippen molar-refractivity contribution in [2.45, 2.75) is 18.9 Å². The molecule has 4 rings (SSSR count). The second-order valence-corrected chi connectivity index (χ2v) is 6.92. The number of fused-ring (bicyclic) bond motifs is 2. The molecular weight excluding hydrogens is 338 g/mol. The number of hydrogen-bond acceptors (Lipinski definition) is 6. The van der Waals surface area contributed by atoms with Gasteiger partial charge >= 0.3 is 5.91 Å². The SMILES string of the molecule is CN(C)C(=O)[C@H]1CCCN1CN1C(=O)C(=O)c2cc3c(cc21)OCCO3. The summed E-state index contributed by atoms with van der Waals surface area (Å²) in [5.41, 5.74) is 0.848. The number of ether oxygens (including phenoxy) is 2. The van der Waals surface area contributed by atoms with Gasteiger partial charge in [0.1, 0.15) is 13.2 Å². The summed E-state index contributed by atoms with van der Waals surface area (Å²) >= 11 is 0. The second kappa shape index (κ2) is 6.28. The Labute approximate surface area is 151 Å². The maximum Gasteiger partial charge on any atom is 0.300 e. The highest BCUT2D eigenvalue weighted by molar-refractivity contribution is 6.52. The zero-order chi connectivity index (χ0) is 18.4. The molecule has 8 heteroatoms. The van der Waals surface area contributed by atoms with Gasteiger partial charge in [-0.15, -0.1) is 0 Å². The van der Waals surface area contributed by atoms with Gasteiger partial charge in [0.15, 0.2) is 11.5 Å². The number of benzene rings is 1. The largest absolute Gasteiger partial charge is 0.486 e. The Morgan fingerprint density at radius 2 is 1.88 bits per heavy atom. The molecule has 0 bridgehead atoms. The predicted octanol–water partition coefficient (Wildman–Crippen LogP) is 0.497. The Morgan fingerprint density at radius 1 is 1.19 bits per heavy atom. The summed E-state index contributed by atoms with van der Waals surface area (Å²) < 4.78 is 11.1. The molecule has 0 aromatic heterocycles. The van der Waals surface area contributed by atoms with Crippen molar-refractivity contribution >= 4 is 23.3 Å². The molecule has 2 amide bonds. The van der Waals surface area contributed by atoms with E-state index in [1.165, 1.54) is 4.90 Å². The first-order chi connectivity index (χ1) is 12.5. The van der Waals surface area contributed by atoms with E-state index in [-0.39, 0.29) is 18.6 Å². The molecule has 26 heavy (non-hydrogen) atoms. The number of anilines is 1. The van der Waals surface area contributed by atoms with Gasteiger partial charge in [-0.1, -0.05) is 0 Å². The third-order valence-electron chi connectivity index (χ3n) is 5.05. The maximum absolute atomic E-state index is 12.5. The van der Waals surface area contributed by atoms with Gasteiger partial charge in [-0.25, -0.2) is 0 Å². The molecule has 1 aromatic carbocycles. The number of likely N-dealkylation sites (N-methyl/N-ethyl adjacent to an activating group) is 1. The number of amides is 2. The van der Waals surface area contributed by atoms with Crippen LogP contribution in [0.4, 0.5) is 5.69 Å². The van der Waals surface area contributed by atoms with Gasteiger partial charge in [0.2, 0.25) is 5.91 Å². The van der Waals surface area contributed by atoms with E-state index in [2.05, 4.69) is 0 Å². The fourth-order valence-corrected chi connectivity index (χ4v) is 3.73. The van der Waals surface area contributed by atoms with Crippen LogP contribution in [-0.4, -0.2) is 74.0 Å². The van der Waals surface area contributed by atoms with Crippen LogP contribution >= 0.6 is 0 Å². The average Bonchev–Trinajstić information content (AvgIpc) is 3.19. The summed E-state index contributed by atoms with van der Waals surface area (Å²) in [7, 11) is 3.45. The van der Waals surface area contributed by atoms with Crippen molar-refractivity contribution in [1.29, 1.82) is 0 Å². The Morgan fingerprint density at radius 3 is 2.58 bits per heavy atom. The number of carbonyl (C=O) groups excluding carboxylic acids is 3. The van der Waals surface area contributed by atoms with Crippen LogP contribution in [0, 0.1) is 0 Å². The molecule has 0 radical (unpaired) electrons. The minimum absolute atomic E-state index is 0.0165. The molecular formula is C18H21N3O5. The topological polar surface area (TPSA) is 79.4 Å². The normalized spacial score (nSPS) is 21.9.